The van der Waals surface area contributed by atoms with Crippen molar-refractivity contribution in [3.8, 4) is 11.3 Å². The van der Waals surface area contributed by atoms with Crippen LogP contribution < -0.4 is 27.6 Å². The molecule has 0 saturated carbocycles. The average Bonchev–Trinajstić information content (AvgIpc) is 3.44. The minimum atomic E-state index is -0.411. The fraction of sp³-hybridized carbons (Fsp3) is 0.190. The summed E-state index contributed by atoms with van der Waals surface area (Å²) in [7, 11) is -0.411. The SMILES string of the molecule is CC1(C)OB(c2ccc(C(=O)NCc3ccccc3)cc2)OC1(C)C.Nc1nccnc1-c1ccc(C(=O)NCc2ccccc2)cc1.Nc1nccnc1Cl. The molecule has 12 nitrogen and oxygen atoms in total. The molecule has 6 aromatic rings. The number of halogens is 1. The van der Waals surface area contributed by atoms with Gasteiger partial charge >= 0.3 is 7.12 Å². The van der Waals surface area contributed by atoms with Crippen LogP contribution >= 0.6 is 11.6 Å². The molecule has 6 N–H and O–H groups in total. The van der Waals surface area contributed by atoms with Gasteiger partial charge in [-0.05, 0) is 68.6 Å². The second-order valence-corrected chi connectivity index (χ2v) is 14.0. The molecule has 1 saturated heterocycles. The van der Waals surface area contributed by atoms with Gasteiger partial charge in [-0.15, -0.1) is 0 Å². The first-order valence-corrected chi connectivity index (χ1v) is 18.2. The zero-order valence-electron chi connectivity index (χ0n) is 31.6. The number of carbonyl (C=O) groups excluding carboxylic acids is 2. The van der Waals surface area contributed by atoms with Gasteiger partial charge in [0.2, 0.25) is 0 Å². The van der Waals surface area contributed by atoms with Crippen molar-refractivity contribution in [2.45, 2.75) is 52.0 Å². The van der Waals surface area contributed by atoms with Crippen molar-refractivity contribution in [3.05, 3.63) is 161 Å². The number of amides is 2. The smallest absolute Gasteiger partial charge is 0.399 e. The predicted molar refractivity (Wildman–Crippen MR) is 221 cm³/mol. The number of nitrogen functional groups attached to an aromatic ring is 2. The summed E-state index contributed by atoms with van der Waals surface area (Å²) in [6.07, 6.45) is 6.11. The summed E-state index contributed by atoms with van der Waals surface area (Å²) in [5.74, 6) is 0.430. The molecular weight excluding hydrogens is 727 g/mol. The molecule has 2 amide bonds. The van der Waals surface area contributed by atoms with Crippen molar-refractivity contribution >= 4 is 47.6 Å². The van der Waals surface area contributed by atoms with Crippen molar-refractivity contribution in [1.29, 1.82) is 0 Å². The molecule has 0 radical (unpaired) electrons. The molecule has 1 aliphatic heterocycles. The van der Waals surface area contributed by atoms with E-state index < -0.39 is 7.12 Å². The van der Waals surface area contributed by atoms with Gasteiger partial charge in [-0.1, -0.05) is 96.5 Å². The van der Waals surface area contributed by atoms with Gasteiger partial charge in [-0.2, -0.15) is 0 Å². The third-order valence-corrected chi connectivity index (χ3v) is 9.41. The molecule has 286 valence electrons. The highest BCUT2D eigenvalue weighted by atomic mass is 35.5. The quantitative estimate of drug-likeness (QED) is 0.129. The summed E-state index contributed by atoms with van der Waals surface area (Å²) in [6, 6.07) is 34.2. The standard InChI is InChI=1S/C20H24BNO3.C18H16N4O.C4H4ClN3/c1-19(2)20(3,4)25-21(24-19)17-12-10-16(11-13-17)18(23)22-14-15-8-6-5-7-9-15;19-17-16(20-10-11-21-17)14-6-8-15(9-7-14)18(23)22-12-13-4-2-1-3-5-13;5-3-4(6)8-2-1-7-3/h5-13H,14H2,1-4H3,(H,22,23);1-11H,12H2,(H2,19,21)(H,22,23);1-2H,(H2,6,8). The Morgan fingerprint density at radius 3 is 1.46 bits per heavy atom. The Morgan fingerprint density at radius 1 is 0.607 bits per heavy atom. The van der Waals surface area contributed by atoms with Crippen LogP contribution in [0.3, 0.4) is 0 Å². The van der Waals surface area contributed by atoms with Crippen LogP contribution in [0.5, 0.6) is 0 Å². The van der Waals surface area contributed by atoms with E-state index in [1.807, 2.05) is 113 Å². The van der Waals surface area contributed by atoms with E-state index >= 15 is 0 Å². The Kier molecular flexibility index (Phi) is 13.9. The Morgan fingerprint density at radius 2 is 1.04 bits per heavy atom. The van der Waals surface area contributed by atoms with Crippen LogP contribution in [0.4, 0.5) is 11.6 Å². The van der Waals surface area contributed by atoms with E-state index in [9.17, 15) is 9.59 Å². The molecule has 2 aromatic heterocycles. The van der Waals surface area contributed by atoms with Gasteiger partial charge in [-0.25, -0.2) is 15.0 Å². The highest BCUT2D eigenvalue weighted by Gasteiger charge is 2.51. The molecule has 0 unspecified atom stereocenters. The largest absolute Gasteiger partial charge is 0.494 e. The monoisotopic (exact) mass is 770 g/mol. The number of nitrogens with two attached hydrogens (primary N) is 2. The van der Waals surface area contributed by atoms with Crippen LogP contribution in [0.15, 0.2) is 134 Å². The lowest BCUT2D eigenvalue weighted by Crippen LogP contribution is -2.41. The molecule has 0 aliphatic carbocycles. The Bertz CT molecular complexity index is 2160. The van der Waals surface area contributed by atoms with E-state index in [0.717, 1.165) is 22.2 Å². The Hall–Kier alpha value is -6.15. The van der Waals surface area contributed by atoms with Gasteiger partial charge in [0.25, 0.3) is 11.8 Å². The second-order valence-electron chi connectivity index (χ2n) is 13.6. The minimum absolute atomic E-state index is 0.0932. The zero-order valence-corrected chi connectivity index (χ0v) is 32.4. The van der Waals surface area contributed by atoms with Gasteiger partial charge in [0.05, 0.1) is 11.2 Å². The lowest BCUT2D eigenvalue weighted by atomic mass is 9.79. The molecule has 1 fully saturated rings. The molecule has 0 spiro atoms. The highest BCUT2D eigenvalue weighted by Crippen LogP contribution is 2.36. The summed E-state index contributed by atoms with van der Waals surface area (Å²) >= 11 is 5.41. The molecular formula is C42H44BClN8O4. The summed E-state index contributed by atoms with van der Waals surface area (Å²) in [5, 5.41) is 6.08. The molecule has 0 bridgehead atoms. The van der Waals surface area contributed by atoms with Crippen molar-refractivity contribution in [3.63, 3.8) is 0 Å². The minimum Gasteiger partial charge on any atom is -0.399 e. The van der Waals surface area contributed by atoms with Gasteiger partial charge in [0.15, 0.2) is 11.0 Å². The number of benzene rings is 4. The normalized spacial score (nSPS) is 13.6. The average molecular weight is 771 g/mol. The van der Waals surface area contributed by atoms with Crippen LogP contribution in [0, 0.1) is 0 Å². The molecule has 4 aromatic carbocycles. The molecule has 0 atom stereocenters. The van der Waals surface area contributed by atoms with E-state index in [0.29, 0.717) is 35.7 Å². The Labute approximate surface area is 332 Å². The summed E-state index contributed by atoms with van der Waals surface area (Å²) < 4.78 is 12.1. The van der Waals surface area contributed by atoms with Crippen LogP contribution in [0.2, 0.25) is 5.15 Å². The third kappa shape index (κ3) is 11.2. The topological polar surface area (TPSA) is 180 Å². The number of nitrogens with one attached hydrogen (secondary N) is 2. The number of hydrogen-bond donors (Lipinski definition) is 4. The van der Waals surface area contributed by atoms with E-state index in [4.69, 9.17) is 32.4 Å². The number of hydrogen-bond acceptors (Lipinski definition) is 10. The first-order valence-electron chi connectivity index (χ1n) is 17.8. The molecule has 7 rings (SSSR count). The van der Waals surface area contributed by atoms with Gasteiger partial charge in [-0.3, -0.25) is 14.6 Å². The van der Waals surface area contributed by atoms with E-state index in [-0.39, 0.29) is 34.0 Å². The summed E-state index contributed by atoms with van der Waals surface area (Å²) in [5.41, 5.74) is 16.0. The van der Waals surface area contributed by atoms with Crippen molar-refractivity contribution in [2.75, 3.05) is 11.5 Å². The second kappa shape index (κ2) is 18.9. The fourth-order valence-corrected chi connectivity index (χ4v) is 5.32. The molecule has 3 heterocycles. The summed E-state index contributed by atoms with van der Waals surface area (Å²) in [4.78, 5) is 40.0. The Balaban J connectivity index is 0.000000180. The van der Waals surface area contributed by atoms with E-state index in [2.05, 4.69) is 30.6 Å². The number of aromatic nitrogens is 4. The number of rotatable bonds is 8. The van der Waals surface area contributed by atoms with Gasteiger partial charge < -0.3 is 31.4 Å². The lowest BCUT2D eigenvalue weighted by Gasteiger charge is -2.32. The van der Waals surface area contributed by atoms with Crippen molar-refractivity contribution < 1.29 is 18.9 Å². The first-order chi connectivity index (χ1) is 26.8. The third-order valence-electron chi connectivity index (χ3n) is 9.12. The summed E-state index contributed by atoms with van der Waals surface area (Å²) in [6.45, 7) is 9.12. The maximum absolute atomic E-state index is 12.3. The van der Waals surface area contributed by atoms with Crippen molar-refractivity contribution in [2.24, 2.45) is 0 Å². The molecule has 1 aliphatic rings. The van der Waals surface area contributed by atoms with Crippen LogP contribution in [-0.2, 0) is 22.4 Å². The van der Waals surface area contributed by atoms with Gasteiger partial charge in [0, 0.05) is 54.6 Å². The molecule has 14 heteroatoms. The van der Waals surface area contributed by atoms with Crippen LogP contribution in [-0.4, -0.2) is 50.1 Å². The highest BCUT2D eigenvalue weighted by molar-refractivity contribution is 6.62. The maximum Gasteiger partial charge on any atom is 0.494 e. The van der Waals surface area contributed by atoms with E-state index in [1.165, 1.54) is 12.4 Å². The number of carbonyl (C=O) groups is 2. The number of nitrogens with zero attached hydrogens (tertiary/aromatic N) is 4. The van der Waals surface area contributed by atoms with Gasteiger partial charge in [0.1, 0.15) is 11.5 Å². The zero-order chi connectivity index (χ0) is 40.1. The lowest BCUT2D eigenvalue weighted by molar-refractivity contribution is 0.00578. The maximum atomic E-state index is 12.3. The van der Waals surface area contributed by atoms with Crippen LogP contribution in [0.25, 0.3) is 11.3 Å². The van der Waals surface area contributed by atoms with Crippen LogP contribution in [0.1, 0.15) is 59.5 Å². The molecule has 56 heavy (non-hydrogen) atoms. The first kappa shape index (κ1) is 41.0. The number of anilines is 2. The van der Waals surface area contributed by atoms with E-state index in [1.54, 1.807) is 36.7 Å². The van der Waals surface area contributed by atoms with Crippen molar-refractivity contribution in [1.82, 2.24) is 30.6 Å². The fourth-order valence-electron chi connectivity index (χ4n) is 5.21. The predicted octanol–water partition coefficient (Wildman–Crippen LogP) is 6.28.